The number of hydrogen-bond acceptors (Lipinski definition) is 5. The normalized spacial score (nSPS) is 10.7. The molecule has 7 heteroatoms. The van der Waals surface area contributed by atoms with E-state index in [9.17, 15) is 9.59 Å². The highest BCUT2D eigenvalue weighted by atomic mass is 35.5. The Bertz CT molecular complexity index is 964. The first-order valence-corrected chi connectivity index (χ1v) is 9.37. The van der Waals surface area contributed by atoms with E-state index in [-0.39, 0.29) is 17.3 Å². The number of ether oxygens (including phenoxy) is 2. The van der Waals surface area contributed by atoms with E-state index in [1.165, 1.54) is 11.3 Å². The Hall–Kier alpha value is -2.08. The summed E-state index contributed by atoms with van der Waals surface area (Å²) in [6.45, 7) is 2.07. The standard InChI is InChI=1S/C19H14Cl2O4S/c1-2-24-13-6-3-11(4-7-13)15(22)10-25-19(23)18-17(21)14-8-5-12(20)9-16(14)26-18/h3-9H,2,10H2,1H3. The molecule has 0 spiro atoms. The summed E-state index contributed by atoms with van der Waals surface area (Å²) < 4.78 is 11.2. The highest BCUT2D eigenvalue weighted by Crippen LogP contribution is 2.37. The SMILES string of the molecule is CCOc1ccc(C(=O)COC(=O)c2sc3cc(Cl)ccc3c2Cl)cc1. The van der Waals surface area contributed by atoms with E-state index in [1.807, 2.05) is 6.92 Å². The van der Waals surface area contributed by atoms with Crippen LogP contribution >= 0.6 is 34.5 Å². The first kappa shape index (κ1) is 18.7. The quantitative estimate of drug-likeness (QED) is 0.390. The fourth-order valence-corrected chi connectivity index (χ4v) is 4.03. The number of benzene rings is 2. The van der Waals surface area contributed by atoms with Gasteiger partial charge < -0.3 is 9.47 Å². The number of Topliss-reactive ketones (excluding diaryl/α,β-unsaturated/α-hetero) is 1. The van der Waals surface area contributed by atoms with Gasteiger partial charge in [-0.2, -0.15) is 0 Å². The summed E-state index contributed by atoms with van der Waals surface area (Å²) in [7, 11) is 0. The molecule has 2 aromatic carbocycles. The van der Waals surface area contributed by atoms with Gasteiger partial charge in [-0.1, -0.05) is 29.3 Å². The summed E-state index contributed by atoms with van der Waals surface area (Å²) >= 11 is 13.4. The van der Waals surface area contributed by atoms with Crippen LogP contribution in [0.4, 0.5) is 0 Å². The van der Waals surface area contributed by atoms with Gasteiger partial charge in [0.1, 0.15) is 10.6 Å². The molecule has 0 aliphatic carbocycles. The molecule has 1 aromatic heterocycles. The van der Waals surface area contributed by atoms with Crippen molar-refractivity contribution in [3.63, 3.8) is 0 Å². The lowest BCUT2D eigenvalue weighted by atomic mass is 10.1. The van der Waals surface area contributed by atoms with E-state index in [1.54, 1.807) is 42.5 Å². The highest BCUT2D eigenvalue weighted by Gasteiger charge is 2.20. The lowest BCUT2D eigenvalue weighted by Crippen LogP contribution is -2.13. The fourth-order valence-electron chi connectivity index (χ4n) is 2.35. The van der Waals surface area contributed by atoms with Crippen LogP contribution in [0.5, 0.6) is 5.75 Å². The Morgan fingerprint density at radius 2 is 1.81 bits per heavy atom. The fraction of sp³-hybridized carbons (Fsp3) is 0.158. The Balaban J connectivity index is 1.68. The van der Waals surface area contributed by atoms with E-state index in [0.29, 0.717) is 28.0 Å². The molecule has 134 valence electrons. The number of carbonyl (C=O) groups is 2. The molecule has 0 fully saturated rings. The van der Waals surface area contributed by atoms with Crippen molar-refractivity contribution in [2.75, 3.05) is 13.2 Å². The van der Waals surface area contributed by atoms with Crippen molar-refractivity contribution in [2.24, 2.45) is 0 Å². The average molecular weight is 409 g/mol. The van der Waals surface area contributed by atoms with Gasteiger partial charge in [-0.25, -0.2) is 4.79 Å². The minimum Gasteiger partial charge on any atom is -0.494 e. The summed E-state index contributed by atoms with van der Waals surface area (Å²) in [5, 5.41) is 1.59. The van der Waals surface area contributed by atoms with E-state index in [2.05, 4.69) is 0 Å². The predicted octanol–water partition coefficient (Wildman–Crippen LogP) is 5.65. The largest absolute Gasteiger partial charge is 0.494 e. The molecule has 0 saturated heterocycles. The summed E-state index contributed by atoms with van der Waals surface area (Å²) in [5.41, 5.74) is 0.440. The zero-order valence-electron chi connectivity index (χ0n) is 13.8. The predicted molar refractivity (Wildman–Crippen MR) is 104 cm³/mol. The molecule has 0 amide bonds. The molecular weight excluding hydrogens is 395 g/mol. The zero-order valence-corrected chi connectivity index (χ0v) is 16.1. The second-order valence-corrected chi connectivity index (χ2v) is 7.21. The van der Waals surface area contributed by atoms with Crippen molar-refractivity contribution in [3.8, 4) is 5.75 Å². The van der Waals surface area contributed by atoms with Crippen molar-refractivity contribution in [1.29, 1.82) is 0 Å². The van der Waals surface area contributed by atoms with Crippen LogP contribution in [0.15, 0.2) is 42.5 Å². The number of hydrogen-bond donors (Lipinski definition) is 0. The van der Waals surface area contributed by atoms with Gasteiger partial charge in [0.2, 0.25) is 0 Å². The number of thiophene rings is 1. The number of rotatable bonds is 6. The highest BCUT2D eigenvalue weighted by molar-refractivity contribution is 7.21. The maximum atomic E-state index is 12.3. The number of fused-ring (bicyclic) bond motifs is 1. The van der Waals surface area contributed by atoms with Crippen LogP contribution in [0.25, 0.3) is 10.1 Å². The number of carbonyl (C=O) groups excluding carboxylic acids is 2. The summed E-state index contributed by atoms with van der Waals surface area (Å²) in [4.78, 5) is 24.7. The first-order chi connectivity index (χ1) is 12.5. The third-order valence-corrected chi connectivity index (χ3v) is 5.47. The first-order valence-electron chi connectivity index (χ1n) is 7.80. The molecule has 0 bridgehead atoms. The maximum absolute atomic E-state index is 12.3. The van der Waals surface area contributed by atoms with Gasteiger partial charge in [0.15, 0.2) is 12.4 Å². The molecule has 0 unspecified atom stereocenters. The Morgan fingerprint density at radius 3 is 2.50 bits per heavy atom. The van der Waals surface area contributed by atoms with Crippen molar-refractivity contribution in [2.45, 2.75) is 6.92 Å². The molecule has 0 atom stereocenters. The number of esters is 1. The van der Waals surface area contributed by atoms with Gasteiger partial charge >= 0.3 is 5.97 Å². The molecule has 0 radical (unpaired) electrons. The minimum absolute atomic E-state index is 0.253. The average Bonchev–Trinajstić information content (AvgIpc) is 2.96. The van der Waals surface area contributed by atoms with Crippen molar-refractivity contribution in [1.82, 2.24) is 0 Å². The molecule has 3 rings (SSSR count). The third-order valence-electron chi connectivity index (χ3n) is 3.60. The van der Waals surface area contributed by atoms with Crippen LogP contribution in [0, 0.1) is 0 Å². The molecule has 26 heavy (non-hydrogen) atoms. The minimum atomic E-state index is -0.633. The van der Waals surface area contributed by atoms with E-state index in [0.717, 1.165) is 10.1 Å². The van der Waals surface area contributed by atoms with Crippen LogP contribution in [0.1, 0.15) is 27.0 Å². The van der Waals surface area contributed by atoms with Gasteiger partial charge in [-0.15, -0.1) is 11.3 Å². The molecular formula is C19H14Cl2O4S. The van der Waals surface area contributed by atoms with E-state index in [4.69, 9.17) is 32.7 Å². The molecule has 0 aliphatic heterocycles. The molecule has 0 aliphatic rings. The van der Waals surface area contributed by atoms with E-state index < -0.39 is 5.97 Å². The second-order valence-electron chi connectivity index (χ2n) is 5.34. The Kier molecular flexibility index (Phi) is 5.81. The summed E-state index contributed by atoms with van der Waals surface area (Å²) in [6.07, 6.45) is 0. The lowest BCUT2D eigenvalue weighted by molar-refractivity contribution is 0.0480. The van der Waals surface area contributed by atoms with Gasteiger partial charge in [-0.3, -0.25) is 4.79 Å². The van der Waals surface area contributed by atoms with Crippen LogP contribution < -0.4 is 4.74 Å². The summed E-state index contributed by atoms with van der Waals surface area (Å²) in [5.74, 6) is -0.259. The molecule has 1 heterocycles. The van der Waals surface area contributed by atoms with Gasteiger partial charge in [0.25, 0.3) is 0 Å². The monoisotopic (exact) mass is 408 g/mol. The van der Waals surface area contributed by atoms with Gasteiger partial charge in [0, 0.05) is 20.7 Å². The number of halogens is 2. The summed E-state index contributed by atoms with van der Waals surface area (Å²) in [6, 6.07) is 11.8. The van der Waals surface area contributed by atoms with Crippen LogP contribution in [-0.2, 0) is 4.74 Å². The van der Waals surface area contributed by atoms with Crippen molar-refractivity contribution >= 4 is 56.4 Å². The molecule has 3 aromatic rings. The molecule has 4 nitrogen and oxygen atoms in total. The van der Waals surface area contributed by atoms with E-state index >= 15 is 0 Å². The zero-order chi connectivity index (χ0) is 18.7. The maximum Gasteiger partial charge on any atom is 0.350 e. The second kappa shape index (κ2) is 8.08. The van der Waals surface area contributed by atoms with Gasteiger partial charge in [-0.05, 0) is 43.3 Å². The topological polar surface area (TPSA) is 52.6 Å². The Morgan fingerprint density at radius 1 is 1.08 bits per heavy atom. The van der Waals surface area contributed by atoms with Crippen LogP contribution in [0.3, 0.4) is 0 Å². The number of ketones is 1. The smallest absolute Gasteiger partial charge is 0.350 e. The van der Waals surface area contributed by atoms with Crippen LogP contribution in [-0.4, -0.2) is 25.0 Å². The lowest BCUT2D eigenvalue weighted by Gasteiger charge is -2.05. The van der Waals surface area contributed by atoms with Gasteiger partial charge in [0.05, 0.1) is 11.6 Å². The Labute approximate surface area is 164 Å². The molecule has 0 saturated carbocycles. The van der Waals surface area contributed by atoms with Crippen molar-refractivity contribution < 1.29 is 19.1 Å². The van der Waals surface area contributed by atoms with Crippen LogP contribution in [0.2, 0.25) is 10.0 Å². The molecule has 0 N–H and O–H groups in total. The third kappa shape index (κ3) is 4.01. The van der Waals surface area contributed by atoms with Crippen molar-refractivity contribution in [3.05, 3.63) is 63.0 Å².